The molecular formula is C15H30N2O. The van der Waals surface area contributed by atoms with Gasteiger partial charge in [-0.05, 0) is 45.1 Å². The zero-order valence-electron chi connectivity index (χ0n) is 12.8. The minimum atomic E-state index is 0.0708. The fourth-order valence-electron chi connectivity index (χ4n) is 2.61. The molecule has 1 heterocycles. The zero-order valence-corrected chi connectivity index (χ0v) is 12.8. The summed E-state index contributed by atoms with van der Waals surface area (Å²) in [7, 11) is 0. The first-order chi connectivity index (χ1) is 8.31. The van der Waals surface area contributed by atoms with Crippen molar-refractivity contribution in [3.8, 4) is 0 Å². The highest BCUT2D eigenvalue weighted by atomic mass is 16.1. The van der Waals surface area contributed by atoms with Gasteiger partial charge in [-0.1, -0.05) is 20.8 Å². The number of likely N-dealkylation sites (tertiary alicyclic amines) is 1. The Hall–Kier alpha value is -0.570. The van der Waals surface area contributed by atoms with Gasteiger partial charge in [-0.3, -0.25) is 9.69 Å². The van der Waals surface area contributed by atoms with Gasteiger partial charge in [-0.15, -0.1) is 0 Å². The van der Waals surface area contributed by atoms with Crippen LogP contribution in [0.2, 0.25) is 0 Å². The van der Waals surface area contributed by atoms with Crippen molar-refractivity contribution in [3.63, 3.8) is 0 Å². The summed E-state index contributed by atoms with van der Waals surface area (Å²) in [5, 5.41) is 3.09. The van der Waals surface area contributed by atoms with Gasteiger partial charge in [0.1, 0.15) is 0 Å². The lowest BCUT2D eigenvalue weighted by Crippen LogP contribution is -2.54. The van der Waals surface area contributed by atoms with Crippen molar-refractivity contribution in [1.29, 1.82) is 0 Å². The largest absolute Gasteiger partial charge is 0.354 e. The third-order valence-electron chi connectivity index (χ3n) is 3.82. The van der Waals surface area contributed by atoms with E-state index in [4.69, 9.17) is 0 Å². The van der Waals surface area contributed by atoms with E-state index in [0.717, 1.165) is 25.6 Å². The molecule has 3 nitrogen and oxygen atoms in total. The number of hydrogen-bond acceptors (Lipinski definition) is 2. The Morgan fingerprint density at radius 2 is 2.11 bits per heavy atom. The summed E-state index contributed by atoms with van der Waals surface area (Å²) in [6.07, 6.45) is 3.25. The Balaban J connectivity index is 2.41. The summed E-state index contributed by atoms with van der Waals surface area (Å²) in [6, 6.07) is 0. The molecule has 0 saturated carbocycles. The van der Waals surface area contributed by atoms with Crippen molar-refractivity contribution in [2.24, 2.45) is 11.8 Å². The van der Waals surface area contributed by atoms with E-state index >= 15 is 0 Å². The number of carbonyl (C=O) groups is 1. The molecule has 3 heteroatoms. The van der Waals surface area contributed by atoms with Crippen LogP contribution in [0.1, 0.15) is 53.9 Å². The van der Waals surface area contributed by atoms with Crippen molar-refractivity contribution in [2.45, 2.75) is 59.4 Å². The second-order valence-corrected chi connectivity index (χ2v) is 6.88. The van der Waals surface area contributed by atoms with E-state index in [1.54, 1.807) is 0 Å². The zero-order chi connectivity index (χ0) is 13.8. The van der Waals surface area contributed by atoms with Crippen LogP contribution in [-0.4, -0.2) is 36.0 Å². The van der Waals surface area contributed by atoms with E-state index in [1.165, 1.54) is 12.8 Å². The maximum Gasteiger partial charge on any atom is 0.220 e. The van der Waals surface area contributed by atoms with Crippen LogP contribution in [0.25, 0.3) is 0 Å². The Labute approximate surface area is 112 Å². The van der Waals surface area contributed by atoms with E-state index in [9.17, 15) is 4.79 Å². The minimum absolute atomic E-state index is 0.0708. The van der Waals surface area contributed by atoms with Gasteiger partial charge in [0.25, 0.3) is 0 Å². The molecule has 1 rings (SSSR count). The molecule has 1 aliphatic heterocycles. The average Bonchev–Trinajstić information content (AvgIpc) is 2.26. The Morgan fingerprint density at radius 3 is 2.67 bits per heavy atom. The van der Waals surface area contributed by atoms with Crippen molar-refractivity contribution < 1.29 is 4.79 Å². The summed E-state index contributed by atoms with van der Waals surface area (Å²) < 4.78 is 0. The van der Waals surface area contributed by atoms with Gasteiger partial charge in [0.05, 0.1) is 0 Å². The number of rotatable bonds is 5. The monoisotopic (exact) mass is 254 g/mol. The van der Waals surface area contributed by atoms with Gasteiger partial charge in [-0.2, -0.15) is 0 Å². The van der Waals surface area contributed by atoms with Gasteiger partial charge < -0.3 is 5.32 Å². The maximum absolute atomic E-state index is 11.7. The topological polar surface area (TPSA) is 32.3 Å². The van der Waals surface area contributed by atoms with Crippen molar-refractivity contribution in [1.82, 2.24) is 10.2 Å². The van der Waals surface area contributed by atoms with E-state index in [2.05, 4.69) is 44.8 Å². The van der Waals surface area contributed by atoms with Crippen LogP contribution in [0, 0.1) is 11.8 Å². The molecule has 18 heavy (non-hydrogen) atoms. The first kappa shape index (κ1) is 15.5. The lowest BCUT2D eigenvalue weighted by atomic mass is 9.93. The molecule has 1 fully saturated rings. The van der Waals surface area contributed by atoms with Crippen LogP contribution < -0.4 is 5.32 Å². The quantitative estimate of drug-likeness (QED) is 0.818. The third kappa shape index (κ3) is 4.97. The normalized spacial score (nSPS) is 22.2. The SMILES string of the molecule is CC(C)CC(=O)NCC(C)(C)N1CCC[C@@H](C)C1. The highest BCUT2D eigenvalue weighted by Crippen LogP contribution is 2.23. The molecular weight excluding hydrogens is 224 g/mol. The maximum atomic E-state index is 11.7. The van der Waals surface area contributed by atoms with Gasteiger partial charge in [-0.25, -0.2) is 0 Å². The predicted octanol–water partition coefficient (Wildman–Crippen LogP) is 2.66. The molecule has 0 aromatic carbocycles. The van der Waals surface area contributed by atoms with Gasteiger partial charge >= 0.3 is 0 Å². The molecule has 0 aromatic heterocycles. The van der Waals surface area contributed by atoms with Crippen LogP contribution >= 0.6 is 0 Å². The lowest BCUT2D eigenvalue weighted by Gasteiger charge is -2.43. The van der Waals surface area contributed by atoms with Gasteiger partial charge in [0.15, 0.2) is 0 Å². The summed E-state index contributed by atoms with van der Waals surface area (Å²) >= 11 is 0. The van der Waals surface area contributed by atoms with Crippen LogP contribution in [0.3, 0.4) is 0 Å². The summed E-state index contributed by atoms with van der Waals surface area (Å²) in [5.74, 6) is 1.40. The molecule has 1 atom stereocenters. The average molecular weight is 254 g/mol. The highest BCUT2D eigenvalue weighted by molar-refractivity contribution is 5.76. The molecule has 1 amide bonds. The standard InChI is InChI=1S/C15H30N2O/c1-12(2)9-14(18)16-11-15(4,5)17-8-6-7-13(3)10-17/h12-13H,6-11H2,1-5H3,(H,16,18)/t13-/m1/s1. The molecule has 0 spiro atoms. The summed E-state index contributed by atoms with van der Waals surface area (Å²) in [5.41, 5.74) is 0.0708. The summed E-state index contributed by atoms with van der Waals surface area (Å²) in [6.45, 7) is 14.0. The Kier molecular flexibility index (Phi) is 5.64. The van der Waals surface area contributed by atoms with E-state index in [-0.39, 0.29) is 11.4 Å². The van der Waals surface area contributed by atoms with Crippen LogP contribution in [0.4, 0.5) is 0 Å². The van der Waals surface area contributed by atoms with Gasteiger partial charge in [0, 0.05) is 25.0 Å². The second-order valence-electron chi connectivity index (χ2n) is 6.88. The van der Waals surface area contributed by atoms with Crippen LogP contribution in [-0.2, 0) is 4.79 Å². The van der Waals surface area contributed by atoms with Crippen molar-refractivity contribution in [2.75, 3.05) is 19.6 Å². The minimum Gasteiger partial charge on any atom is -0.354 e. The van der Waals surface area contributed by atoms with E-state index < -0.39 is 0 Å². The van der Waals surface area contributed by atoms with E-state index in [1.807, 2.05) is 0 Å². The molecule has 0 unspecified atom stereocenters. The number of nitrogens with one attached hydrogen (secondary N) is 1. The second kappa shape index (κ2) is 6.55. The predicted molar refractivity (Wildman–Crippen MR) is 76.5 cm³/mol. The number of piperidine rings is 1. The smallest absolute Gasteiger partial charge is 0.220 e. The molecule has 0 aliphatic carbocycles. The lowest BCUT2D eigenvalue weighted by molar-refractivity contribution is -0.122. The van der Waals surface area contributed by atoms with Crippen LogP contribution in [0.15, 0.2) is 0 Å². The molecule has 106 valence electrons. The molecule has 1 aliphatic rings. The van der Waals surface area contributed by atoms with E-state index in [0.29, 0.717) is 12.3 Å². The van der Waals surface area contributed by atoms with Gasteiger partial charge in [0.2, 0.25) is 5.91 Å². The number of amides is 1. The Bertz CT molecular complexity index is 274. The summed E-state index contributed by atoms with van der Waals surface area (Å²) in [4.78, 5) is 14.2. The van der Waals surface area contributed by atoms with Crippen molar-refractivity contribution in [3.05, 3.63) is 0 Å². The molecule has 1 N–H and O–H groups in total. The molecule has 0 radical (unpaired) electrons. The Morgan fingerprint density at radius 1 is 1.44 bits per heavy atom. The fourth-order valence-corrected chi connectivity index (χ4v) is 2.61. The first-order valence-corrected chi connectivity index (χ1v) is 7.33. The molecule has 1 saturated heterocycles. The molecule has 0 aromatic rings. The third-order valence-corrected chi connectivity index (χ3v) is 3.82. The highest BCUT2D eigenvalue weighted by Gasteiger charge is 2.30. The molecule has 0 bridgehead atoms. The first-order valence-electron chi connectivity index (χ1n) is 7.33. The van der Waals surface area contributed by atoms with Crippen LogP contribution in [0.5, 0.6) is 0 Å². The number of nitrogens with zero attached hydrogens (tertiary/aromatic N) is 1. The fraction of sp³-hybridized carbons (Fsp3) is 0.933. The number of carbonyl (C=O) groups excluding carboxylic acids is 1. The number of hydrogen-bond donors (Lipinski definition) is 1. The van der Waals surface area contributed by atoms with Crippen molar-refractivity contribution >= 4 is 5.91 Å².